The summed E-state index contributed by atoms with van der Waals surface area (Å²) in [6.07, 6.45) is 5.41. The van der Waals surface area contributed by atoms with E-state index in [0.717, 1.165) is 11.8 Å². The summed E-state index contributed by atoms with van der Waals surface area (Å²) in [5, 5.41) is 3.57. The van der Waals surface area contributed by atoms with Crippen LogP contribution in [0, 0.1) is 25.7 Å². The van der Waals surface area contributed by atoms with Gasteiger partial charge in [0.25, 0.3) is 0 Å². The van der Waals surface area contributed by atoms with Crippen LogP contribution in [0.2, 0.25) is 0 Å². The van der Waals surface area contributed by atoms with Gasteiger partial charge in [0, 0.05) is 6.04 Å². The Morgan fingerprint density at radius 1 is 1.28 bits per heavy atom. The average molecular weight is 245 g/mol. The minimum absolute atomic E-state index is 0.642. The van der Waals surface area contributed by atoms with Gasteiger partial charge in [-0.25, -0.2) is 0 Å². The molecule has 1 aromatic carbocycles. The summed E-state index contributed by atoms with van der Waals surface area (Å²) in [5.74, 6) is 1.74. The quantitative estimate of drug-likeness (QED) is 0.849. The number of aryl methyl sites for hydroxylation is 2. The number of benzene rings is 1. The third-order valence-electron chi connectivity index (χ3n) is 4.76. The highest BCUT2D eigenvalue weighted by Crippen LogP contribution is 2.34. The molecule has 1 nitrogen and oxygen atoms in total. The molecule has 1 saturated carbocycles. The maximum atomic E-state index is 3.57. The van der Waals surface area contributed by atoms with Gasteiger partial charge < -0.3 is 5.32 Å². The molecular weight excluding hydrogens is 218 g/mol. The zero-order valence-corrected chi connectivity index (χ0v) is 12.3. The zero-order chi connectivity index (χ0) is 13.1. The lowest BCUT2D eigenvalue weighted by Gasteiger charge is -2.27. The van der Waals surface area contributed by atoms with Gasteiger partial charge in [-0.3, -0.25) is 0 Å². The molecule has 0 spiro atoms. The fourth-order valence-corrected chi connectivity index (χ4v) is 3.50. The van der Waals surface area contributed by atoms with Crippen LogP contribution in [-0.2, 0) is 6.42 Å². The number of likely N-dealkylation sites (N-methyl/N-ethyl adjacent to an activating group) is 1. The van der Waals surface area contributed by atoms with Crippen molar-refractivity contribution < 1.29 is 0 Å². The van der Waals surface area contributed by atoms with E-state index in [4.69, 9.17) is 0 Å². The van der Waals surface area contributed by atoms with E-state index in [0.29, 0.717) is 6.04 Å². The van der Waals surface area contributed by atoms with Crippen molar-refractivity contribution >= 4 is 0 Å². The third-order valence-corrected chi connectivity index (χ3v) is 4.76. The molecule has 1 aliphatic rings. The molecular formula is C17H27N. The molecule has 0 aromatic heterocycles. The first kappa shape index (κ1) is 13.6. The molecule has 0 aliphatic heterocycles. The molecule has 0 heterocycles. The van der Waals surface area contributed by atoms with Gasteiger partial charge in [0.15, 0.2) is 0 Å². The van der Waals surface area contributed by atoms with E-state index in [1.54, 1.807) is 0 Å². The van der Waals surface area contributed by atoms with Gasteiger partial charge in [0.05, 0.1) is 0 Å². The van der Waals surface area contributed by atoms with Crippen LogP contribution < -0.4 is 5.32 Å². The van der Waals surface area contributed by atoms with Crippen LogP contribution in [0.4, 0.5) is 0 Å². The largest absolute Gasteiger partial charge is 0.316 e. The van der Waals surface area contributed by atoms with Crippen LogP contribution in [0.5, 0.6) is 0 Å². The Morgan fingerprint density at radius 2 is 2.06 bits per heavy atom. The summed E-state index contributed by atoms with van der Waals surface area (Å²) >= 11 is 0. The van der Waals surface area contributed by atoms with E-state index in [1.165, 1.54) is 42.4 Å². The Hall–Kier alpha value is -0.820. The Labute approximate surface area is 112 Å². The Balaban J connectivity index is 2.12. The van der Waals surface area contributed by atoms with Crippen LogP contribution in [0.1, 0.15) is 42.9 Å². The maximum absolute atomic E-state index is 3.57. The van der Waals surface area contributed by atoms with Gasteiger partial charge >= 0.3 is 0 Å². The van der Waals surface area contributed by atoms with Crippen LogP contribution in [0.25, 0.3) is 0 Å². The van der Waals surface area contributed by atoms with Crippen molar-refractivity contribution in [2.45, 2.75) is 52.5 Å². The molecule has 0 amide bonds. The Bertz CT molecular complexity index is 397. The molecule has 1 aliphatic carbocycles. The summed E-state index contributed by atoms with van der Waals surface area (Å²) in [5.41, 5.74) is 4.34. The van der Waals surface area contributed by atoms with E-state index in [-0.39, 0.29) is 0 Å². The fraction of sp³-hybridized carbons (Fsp3) is 0.647. The van der Waals surface area contributed by atoms with Crippen LogP contribution >= 0.6 is 0 Å². The third kappa shape index (κ3) is 2.95. The van der Waals surface area contributed by atoms with E-state index < -0.39 is 0 Å². The second-order valence-corrected chi connectivity index (χ2v) is 6.10. The molecule has 18 heavy (non-hydrogen) atoms. The highest BCUT2D eigenvalue weighted by molar-refractivity contribution is 5.31. The molecule has 0 bridgehead atoms. The van der Waals surface area contributed by atoms with E-state index in [9.17, 15) is 0 Å². The summed E-state index contributed by atoms with van der Waals surface area (Å²) in [6.45, 7) is 6.85. The smallest absolute Gasteiger partial charge is 0.0135 e. The lowest BCUT2D eigenvalue weighted by atomic mass is 9.85. The number of nitrogens with one attached hydrogen (secondary N) is 1. The van der Waals surface area contributed by atoms with Crippen molar-refractivity contribution in [3.63, 3.8) is 0 Å². The number of hydrogen-bond acceptors (Lipinski definition) is 1. The van der Waals surface area contributed by atoms with Crippen molar-refractivity contribution in [3.05, 3.63) is 34.9 Å². The molecule has 1 fully saturated rings. The maximum Gasteiger partial charge on any atom is 0.0135 e. The first-order chi connectivity index (χ1) is 8.61. The summed E-state index contributed by atoms with van der Waals surface area (Å²) in [4.78, 5) is 0. The highest BCUT2D eigenvalue weighted by Gasteiger charge is 2.30. The second kappa shape index (κ2) is 5.88. The Morgan fingerprint density at radius 3 is 2.67 bits per heavy atom. The zero-order valence-electron chi connectivity index (χ0n) is 12.3. The predicted octanol–water partition coefficient (Wildman–Crippen LogP) is 3.87. The van der Waals surface area contributed by atoms with Crippen molar-refractivity contribution in [1.29, 1.82) is 0 Å². The molecule has 2 rings (SSSR count). The van der Waals surface area contributed by atoms with Crippen LogP contribution in [0.3, 0.4) is 0 Å². The standard InChI is InChI=1S/C17H27N/c1-12-8-9-13(2)15(10-12)11-17(18-4)16-7-5-6-14(16)3/h8-10,14,16-18H,5-7,11H2,1-4H3. The molecule has 3 unspecified atom stereocenters. The molecule has 0 saturated heterocycles. The molecule has 1 aromatic rings. The molecule has 1 heteroatoms. The molecule has 0 radical (unpaired) electrons. The van der Waals surface area contributed by atoms with Crippen molar-refractivity contribution in [2.75, 3.05) is 7.05 Å². The van der Waals surface area contributed by atoms with Gasteiger partial charge in [-0.1, -0.05) is 43.5 Å². The normalized spacial score (nSPS) is 25.3. The lowest BCUT2D eigenvalue weighted by molar-refractivity contribution is 0.308. The van der Waals surface area contributed by atoms with Gasteiger partial charge in [0.1, 0.15) is 0 Å². The number of rotatable bonds is 4. The average Bonchev–Trinajstić information content (AvgIpc) is 2.77. The van der Waals surface area contributed by atoms with Gasteiger partial charge in [-0.2, -0.15) is 0 Å². The van der Waals surface area contributed by atoms with Crippen molar-refractivity contribution in [2.24, 2.45) is 11.8 Å². The van der Waals surface area contributed by atoms with Gasteiger partial charge in [0.2, 0.25) is 0 Å². The van der Waals surface area contributed by atoms with Crippen LogP contribution in [0.15, 0.2) is 18.2 Å². The predicted molar refractivity (Wildman–Crippen MR) is 79.0 cm³/mol. The minimum atomic E-state index is 0.642. The first-order valence-corrected chi connectivity index (χ1v) is 7.35. The van der Waals surface area contributed by atoms with Crippen molar-refractivity contribution in [3.8, 4) is 0 Å². The van der Waals surface area contributed by atoms with E-state index in [1.807, 2.05) is 0 Å². The number of hydrogen-bond donors (Lipinski definition) is 1. The first-order valence-electron chi connectivity index (χ1n) is 7.35. The summed E-state index contributed by atoms with van der Waals surface area (Å²) in [6, 6.07) is 7.48. The SMILES string of the molecule is CNC(Cc1cc(C)ccc1C)C1CCCC1C. The monoisotopic (exact) mass is 245 g/mol. The second-order valence-electron chi connectivity index (χ2n) is 6.10. The highest BCUT2D eigenvalue weighted by atomic mass is 14.9. The van der Waals surface area contributed by atoms with Crippen molar-refractivity contribution in [1.82, 2.24) is 5.32 Å². The summed E-state index contributed by atoms with van der Waals surface area (Å²) < 4.78 is 0. The molecule has 1 N–H and O–H groups in total. The Kier molecular flexibility index (Phi) is 4.45. The van der Waals surface area contributed by atoms with Gasteiger partial charge in [-0.05, 0) is 56.7 Å². The fourth-order valence-electron chi connectivity index (χ4n) is 3.50. The summed E-state index contributed by atoms with van der Waals surface area (Å²) in [7, 11) is 2.13. The molecule has 100 valence electrons. The van der Waals surface area contributed by atoms with E-state index >= 15 is 0 Å². The molecule has 3 atom stereocenters. The van der Waals surface area contributed by atoms with E-state index in [2.05, 4.69) is 51.3 Å². The lowest BCUT2D eigenvalue weighted by Crippen LogP contribution is -2.37. The minimum Gasteiger partial charge on any atom is -0.316 e. The van der Waals surface area contributed by atoms with Crippen LogP contribution in [-0.4, -0.2) is 13.1 Å². The van der Waals surface area contributed by atoms with Gasteiger partial charge in [-0.15, -0.1) is 0 Å². The topological polar surface area (TPSA) is 12.0 Å².